The highest BCUT2D eigenvalue weighted by molar-refractivity contribution is 5.72. The Morgan fingerprint density at radius 1 is 1.22 bits per heavy atom. The van der Waals surface area contributed by atoms with Crippen molar-refractivity contribution in [3.63, 3.8) is 0 Å². The molecule has 0 unspecified atom stereocenters. The third-order valence-corrected chi connectivity index (χ3v) is 5.19. The van der Waals surface area contributed by atoms with E-state index >= 15 is 0 Å². The molecule has 1 aromatic heterocycles. The lowest BCUT2D eigenvalue weighted by Gasteiger charge is -2.26. The zero-order valence-corrected chi connectivity index (χ0v) is 15.2. The van der Waals surface area contributed by atoms with E-state index in [2.05, 4.69) is 20.4 Å². The molecule has 8 nitrogen and oxygen atoms in total. The fourth-order valence-corrected chi connectivity index (χ4v) is 3.79. The molecule has 4 rings (SSSR count). The van der Waals surface area contributed by atoms with E-state index in [4.69, 9.17) is 4.74 Å². The van der Waals surface area contributed by atoms with Crippen LogP contribution in [0, 0.1) is 10.1 Å². The number of nitro groups is 1. The summed E-state index contributed by atoms with van der Waals surface area (Å²) in [5, 5.41) is 23.4. The van der Waals surface area contributed by atoms with E-state index < -0.39 is 0 Å². The van der Waals surface area contributed by atoms with Crippen LogP contribution < -0.4 is 5.32 Å². The van der Waals surface area contributed by atoms with Crippen LogP contribution in [0.1, 0.15) is 17.5 Å². The van der Waals surface area contributed by atoms with Gasteiger partial charge in [0.15, 0.2) is 0 Å². The number of aryl methyl sites for hydroxylation is 1. The topological polar surface area (TPSA) is 93.4 Å². The first-order chi connectivity index (χ1) is 13.2. The van der Waals surface area contributed by atoms with Crippen molar-refractivity contribution in [1.29, 1.82) is 0 Å². The first-order valence-corrected chi connectivity index (χ1v) is 9.39. The van der Waals surface area contributed by atoms with Gasteiger partial charge in [-0.25, -0.2) is 0 Å². The van der Waals surface area contributed by atoms with Crippen LogP contribution in [-0.4, -0.2) is 59.4 Å². The van der Waals surface area contributed by atoms with Gasteiger partial charge >= 0.3 is 0 Å². The van der Waals surface area contributed by atoms with Gasteiger partial charge in [0.1, 0.15) is 5.82 Å². The molecule has 0 amide bonds. The number of benzene rings is 1. The number of anilines is 1. The van der Waals surface area contributed by atoms with Crippen LogP contribution in [0.25, 0.3) is 11.3 Å². The first-order valence-electron chi connectivity index (χ1n) is 9.39. The minimum absolute atomic E-state index is 0.176. The van der Waals surface area contributed by atoms with Crippen molar-refractivity contribution in [2.24, 2.45) is 0 Å². The van der Waals surface area contributed by atoms with Gasteiger partial charge in [-0.2, -0.15) is 0 Å². The lowest BCUT2D eigenvalue weighted by Crippen LogP contribution is -2.39. The molecule has 0 spiro atoms. The summed E-state index contributed by atoms with van der Waals surface area (Å²) in [7, 11) is 0. The number of ether oxygens (including phenoxy) is 1. The zero-order valence-electron chi connectivity index (χ0n) is 15.2. The van der Waals surface area contributed by atoms with Crippen molar-refractivity contribution < 1.29 is 9.66 Å². The SMILES string of the molecule is O=[N+]([O-])c1cccc2c1CCCc1cc(NCCN3CCOCC3)nnc1-2. The molecular weight excluding hydrogens is 346 g/mol. The second-order valence-corrected chi connectivity index (χ2v) is 6.90. The molecule has 8 heteroatoms. The molecule has 0 radical (unpaired) electrons. The van der Waals surface area contributed by atoms with Gasteiger partial charge < -0.3 is 10.1 Å². The zero-order chi connectivity index (χ0) is 18.6. The van der Waals surface area contributed by atoms with Gasteiger partial charge in [-0.3, -0.25) is 15.0 Å². The maximum atomic E-state index is 11.3. The Morgan fingerprint density at radius 3 is 2.89 bits per heavy atom. The average molecular weight is 369 g/mol. The molecule has 0 atom stereocenters. The molecule has 142 valence electrons. The Kier molecular flexibility index (Phi) is 5.26. The molecule has 1 aliphatic heterocycles. The Balaban J connectivity index is 1.51. The van der Waals surface area contributed by atoms with Crippen molar-refractivity contribution in [3.05, 3.63) is 45.5 Å². The number of morpholine rings is 1. The summed E-state index contributed by atoms with van der Waals surface area (Å²) in [6, 6.07) is 7.24. The van der Waals surface area contributed by atoms with Gasteiger partial charge in [0, 0.05) is 43.4 Å². The molecule has 1 aromatic carbocycles. The summed E-state index contributed by atoms with van der Waals surface area (Å²) in [4.78, 5) is 13.4. The Bertz CT molecular complexity index is 836. The Morgan fingerprint density at radius 2 is 2.07 bits per heavy atom. The number of nitrogens with zero attached hydrogens (tertiary/aromatic N) is 4. The summed E-state index contributed by atoms with van der Waals surface area (Å²) < 4.78 is 5.36. The van der Waals surface area contributed by atoms with Crippen molar-refractivity contribution in [3.8, 4) is 11.3 Å². The molecule has 2 aromatic rings. The minimum Gasteiger partial charge on any atom is -0.379 e. The number of aromatic nitrogens is 2. The Hall–Kier alpha value is -2.58. The summed E-state index contributed by atoms with van der Waals surface area (Å²) in [5.41, 5.74) is 3.64. The van der Waals surface area contributed by atoms with Crippen molar-refractivity contribution in [1.82, 2.24) is 15.1 Å². The van der Waals surface area contributed by atoms with Gasteiger partial charge in [-0.05, 0) is 30.9 Å². The largest absolute Gasteiger partial charge is 0.379 e. The van der Waals surface area contributed by atoms with E-state index in [0.29, 0.717) is 6.42 Å². The number of hydrogen-bond acceptors (Lipinski definition) is 7. The summed E-state index contributed by atoms with van der Waals surface area (Å²) in [6.07, 6.45) is 2.39. The average Bonchev–Trinajstić information content (AvgIpc) is 2.87. The Labute approximate surface area is 157 Å². The van der Waals surface area contributed by atoms with Crippen molar-refractivity contribution in [2.45, 2.75) is 19.3 Å². The smallest absolute Gasteiger partial charge is 0.273 e. The highest BCUT2D eigenvalue weighted by Crippen LogP contribution is 2.36. The van der Waals surface area contributed by atoms with Gasteiger partial charge in [0.05, 0.1) is 23.8 Å². The van der Waals surface area contributed by atoms with Gasteiger partial charge in [-0.15, -0.1) is 10.2 Å². The third-order valence-electron chi connectivity index (χ3n) is 5.19. The molecule has 0 bridgehead atoms. The molecule has 2 aliphatic rings. The fraction of sp³-hybridized carbons (Fsp3) is 0.474. The molecule has 0 saturated carbocycles. The van der Waals surface area contributed by atoms with E-state index in [9.17, 15) is 10.1 Å². The number of hydrogen-bond donors (Lipinski definition) is 1. The fourth-order valence-electron chi connectivity index (χ4n) is 3.79. The standard InChI is InChI=1S/C19H23N5O3/c25-24(26)17-6-2-5-16-15(17)4-1-3-14-13-18(21-22-19(14)16)20-7-8-23-9-11-27-12-10-23/h2,5-6,13H,1,3-4,7-12H2,(H,20,21). The van der Waals surface area contributed by atoms with E-state index in [1.165, 1.54) is 0 Å². The minimum atomic E-state index is -0.307. The highest BCUT2D eigenvalue weighted by atomic mass is 16.6. The van der Waals surface area contributed by atoms with Crippen LogP contribution in [0.2, 0.25) is 0 Å². The van der Waals surface area contributed by atoms with Crippen LogP contribution in [0.15, 0.2) is 24.3 Å². The molecular formula is C19H23N5O3. The normalized spacial score (nSPS) is 16.9. The summed E-state index contributed by atoms with van der Waals surface area (Å²) in [6.45, 7) is 5.27. The van der Waals surface area contributed by atoms with Crippen molar-refractivity contribution in [2.75, 3.05) is 44.7 Å². The second kappa shape index (κ2) is 7.98. The number of rotatable bonds is 5. The van der Waals surface area contributed by atoms with E-state index in [1.807, 2.05) is 12.1 Å². The maximum absolute atomic E-state index is 11.3. The van der Waals surface area contributed by atoms with Gasteiger partial charge in [-0.1, -0.05) is 12.1 Å². The maximum Gasteiger partial charge on any atom is 0.273 e. The second-order valence-electron chi connectivity index (χ2n) is 6.90. The van der Waals surface area contributed by atoms with Crippen molar-refractivity contribution >= 4 is 11.5 Å². The molecule has 1 fully saturated rings. The molecule has 1 N–H and O–H groups in total. The number of nitro benzene ring substituents is 1. The molecule has 27 heavy (non-hydrogen) atoms. The summed E-state index contributed by atoms with van der Waals surface area (Å²) >= 11 is 0. The van der Waals surface area contributed by atoms with E-state index in [1.54, 1.807) is 12.1 Å². The van der Waals surface area contributed by atoms with E-state index in [0.717, 1.165) is 80.4 Å². The monoisotopic (exact) mass is 369 g/mol. The van der Waals surface area contributed by atoms with Crippen LogP contribution in [0.5, 0.6) is 0 Å². The predicted octanol–water partition coefficient (Wildman–Crippen LogP) is 2.28. The van der Waals surface area contributed by atoms with Gasteiger partial charge in [0.25, 0.3) is 5.69 Å². The lowest BCUT2D eigenvalue weighted by atomic mass is 10.0. The van der Waals surface area contributed by atoms with Crippen LogP contribution >= 0.6 is 0 Å². The van der Waals surface area contributed by atoms with Crippen LogP contribution in [0.4, 0.5) is 11.5 Å². The van der Waals surface area contributed by atoms with E-state index in [-0.39, 0.29) is 10.6 Å². The highest BCUT2D eigenvalue weighted by Gasteiger charge is 2.23. The van der Waals surface area contributed by atoms with Crippen LogP contribution in [0.3, 0.4) is 0 Å². The van der Waals surface area contributed by atoms with Gasteiger partial charge in [0.2, 0.25) is 0 Å². The first kappa shape index (κ1) is 17.8. The number of nitrogens with one attached hydrogen (secondary N) is 1. The quantitative estimate of drug-likeness (QED) is 0.638. The number of fused-ring (bicyclic) bond motifs is 3. The van der Waals surface area contributed by atoms with Crippen LogP contribution in [-0.2, 0) is 17.6 Å². The molecule has 1 aliphatic carbocycles. The predicted molar refractivity (Wildman–Crippen MR) is 102 cm³/mol. The third kappa shape index (κ3) is 3.91. The lowest BCUT2D eigenvalue weighted by molar-refractivity contribution is -0.385. The molecule has 1 saturated heterocycles. The molecule has 2 heterocycles. The summed E-state index contributed by atoms with van der Waals surface area (Å²) in [5.74, 6) is 0.760.